The molecule has 2 unspecified atom stereocenters. The van der Waals surface area contributed by atoms with Crippen LogP contribution in [0.15, 0.2) is 0 Å². The Morgan fingerprint density at radius 1 is 1.08 bits per heavy atom. The second-order valence-electron chi connectivity index (χ2n) is 4.20. The minimum atomic E-state index is 0.413. The summed E-state index contributed by atoms with van der Waals surface area (Å²) in [5.41, 5.74) is 0. The highest BCUT2D eigenvalue weighted by Crippen LogP contribution is 2.30. The summed E-state index contributed by atoms with van der Waals surface area (Å²) in [4.78, 5) is 0. The van der Waals surface area contributed by atoms with Crippen molar-refractivity contribution in [3.63, 3.8) is 0 Å². The summed E-state index contributed by atoms with van der Waals surface area (Å²) < 4.78 is 0. The largest absolute Gasteiger partial charge is 0.396 e. The fourth-order valence-corrected chi connectivity index (χ4v) is 1.94. The molecular formula is C12H26O. The average Bonchev–Trinajstić information content (AvgIpc) is 2.19. The molecule has 1 aliphatic rings. The zero-order valence-corrected chi connectivity index (χ0v) is 9.55. The monoisotopic (exact) mass is 186 g/mol. The molecule has 1 heteroatoms. The van der Waals surface area contributed by atoms with Crippen molar-refractivity contribution in [3.05, 3.63) is 0 Å². The van der Waals surface area contributed by atoms with E-state index in [-0.39, 0.29) is 0 Å². The number of aliphatic hydroxyl groups is 1. The first-order valence-electron chi connectivity index (χ1n) is 5.89. The molecule has 0 aliphatic heterocycles. The molecule has 0 heterocycles. The molecule has 13 heavy (non-hydrogen) atoms. The summed E-state index contributed by atoms with van der Waals surface area (Å²) in [5.74, 6) is 1.53. The lowest BCUT2D eigenvalue weighted by atomic mass is 9.81. The summed E-state index contributed by atoms with van der Waals surface area (Å²) >= 11 is 0. The zero-order valence-electron chi connectivity index (χ0n) is 9.55. The van der Waals surface area contributed by atoms with Crippen LogP contribution in [0, 0.1) is 11.8 Å². The Morgan fingerprint density at radius 2 is 1.62 bits per heavy atom. The van der Waals surface area contributed by atoms with E-state index in [4.69, 9.17) is 5.11 Å². The molecule has 0 saturated heterocycles. The predicted molar refractivity (Wildman–Crippen MR) is 58.8 cm³/mol. The molecule has 2 atom stereocenters. The molecule has 0 radical (unpaired) electrons. The molecule has 1 fully saturated rings. The van der Waals surface area contributed by atoms with E-state index in [1.807, 2.05) is 0 Å². The first kappa shape index (κ1) is 13.0. The maximum atomic E-state index is 8.90. The molecule has 1 aliphatic carbocycles. The summed E-state index contributed by atoms with van der Waals surface area (Å²) in [6, 6.07) is 0. The van der Waals surface area contributed by atoms with E-state index in [1.54, 1.807) is 0 Å². The van der Waals surface area contributed by atoms with Crippen molar-refractivity contribution in [2.24, 2.45) is 11.8 Å². The summed E-state index contributed by atoms with van der Waals surface area (Å²) in [5, 5.41) is 8.90. The van der Waals surface area contributed by atoms with Crippen LogP contribution in [-0.2, 0) is 0 Å². The van der Waals surface area contributed by atoms with Gasteiger partial charge in [-0.2, -0.15) is 0 Å². The van der Waals surface area contributed by atoms with Crippen molar-refractivity contribution >= 4 is 0 Å². The lowest BCUT2D eigenvalue weighted by molar-refractivity contribution is 0.159. The molecule has 1 N–H and O–H groups in total. The zero-order chi connectivity index (χ0) is 10.1. The van der Waals surface area contributed by atoms with E-state index in [9.17, 15) is 0 Å². The SMILES string of the molecule is CCC.CCC1CCCC(CO)C1. The Bertz CT molecular complexity index is 91.3. The van der Waals surface area contributed by atoms with Gasteiger partial charge in [0.1, 0.15) is 0 Å². The van der Waals surface area contributed by atoms with E-state index in [2.05, 4.69) is 20.8 Å². The van der Waals surface area contributed by atoms with Crippen molar-refractivity contribution in [3.8, 4) is 0 Å². The third-order valence-electron chi connectivity index (χ3n) is 2.73. The minimum absolute atomic E-state index is 0.413. The van der Waals surface area contributed by atoms with Crippen LogP contribution in [0.3, 0.4) is 0 Å². The van der Waals surface area contributed by atoms with E-state index in [0.29, 0.717) is 12.5 Å². The average molecular weight is 186 g/mol. The molecule has 1 rings (SSSR count). The molecule has 0 aromatic carbocycles. The fraction of sp³-hybridized carbons (Fsp3) is 1.00. The second-order valence-corrected chi connectivity index (χ2v) is 4.20. The van der Waals surface area contributed by atoms with Crippen LogP contribution in [0.2, 0.25) is 0 Å². The quantitative estimate of drug-likeness (QED) is 0.698. The molecule has 1 nitrogen and oxygen atoms in total. The van der Waals surface area contributed by atoms with Gasteiger partial charge in [0.25, 0.3) is 0 Å². The van der Waals surface area contributed by atoms with Crippen LogP contribution in [0.5, 0.6) is 0 Å². The van der Waals surface area contributed by atoms with Gasteiger partial charge in [-0.1, -0.05) is 46.5 Å². The molecule has 80 valence electrons. The molecule has 0 spiro atoms. The van der Waals surface area contributed by atoms with Crippen molar-refractivity contribution < 1.29 is 5.11 Å². The number of hydrogen-bond acceptors (Lipinski definition) is 1. The highest BCUT2D eigenvalue weighted by molar-refractivity contribution is 4.71. The first-order valence-corrected chi connectivity index (χ1v) is 5.89. The summed E-state index contributed by atoms with van der Waals surface area (Å²) in [6.45, 7) is 6.92. The lowest BCUT2D eigenvalue weighted by Gasteiger charge is -2.26. The van der Waals surface area contributed by atoms with Gasteiger partial charge >= 0.3 is 0 Å². The van der Waals surface area contributed by atoms with E-state index < -0.39 is 0 Å². The molecule has 0 aromatic heterocycles. The number of aliphatic hydroxyl groups excluding tert-OH is 1. The topological polar surface area (TPSA) is 20.2 Å². The van der Waals surface area contributed by atoms with Crippen LogP contribution in [0.1, 0.15) is 59.3 Å². The van der Waals surface area contributed by atoms with Crippen LogP contribution in [-0.4, -0.2) is 11.7 Å². The molecule has 0 aromatic rings. The Hall–Kier alpha value is -0.0400. The maximum absolute atomic E-state index is 8.90. The van der Waals surface area contributed by atoms with Gasteiger partial charge in [0.05, 0.1) is 0 Å². The normalized spacial score (nSPS) is 27.7. The molecule has 0 bridgehead atoms. The van der Waals surface area contributed by atoms with Crippen LogP contribution < -0.4 is 0 Å². The second kappa shape index (κ2) is 8.55. The smallest absolute Gasteiger partial charge is 0.0459 e. The van der Waals surface area contributed by atoms with Crippen LogP contribution in [0.25, 0.3) is 0 Å². The first-order chi connectivity index (χ1) is 6.28. The fourth-order valence-electron chi connectivity index (χ4n) is 1.94. The number of hydrogen-bond donors (Lipinski definition) is 1. The third kappa shape index (κ3) is 6.09. The predicted octanol–water partition coefficient (Wildman–Crippen LogP) is 3.61. The van der Waals surface area contributed by atoms with Gasteiger partial charge in [-0.25, -0.2) is 0 Å². The standard InChI is InChI=1S/C9H18O.C3H8/c1-2-8-4-3-5-9(6-8)7-10;1-3-2/h8-10H,2-7H2,1H3;3H2,1-2H3. The Labute approximate surface area is 83.5 Å². The molecular weight excluding hydrogens is 160 g/mol. The Morgan fingerprint density at radius 3 is 2.08 bits per heavy atom. The van der Waals surface area contributed by atoms with Crippen molar-refractivity contribution in [1.82, 2.24) is 0 Å². The highest BCUT2D eigenvalue weighted by atomic mass is 16.3. The van der Waals surface area contributed by atoms with Crippen molar-refractivity contribution in [1.29, 1.82) is 0 Å². The van der Waals surface area contributed by atoms with E-state index in [0.717, 1.165) is 5.92 Å². The van der Waals surface area contributed by atoms with Crippen LogP contribution >= 0.6 is 0 Å². The summed E-state index contributed by atoms with van der Waals surface area (Å²) in [6.07, 6.45) is 7.81. The maximum Gasteiger partial charge on any atom is 0.0459 e. The lowest BCUT2D eigenvalue weighted by Crippen LogP contribution is -2.17. The number of rotatable bonds is 2. The van der Waals surface area contributed by atoms with Gasteiger partial charge in [0.2, 0.25) is 0 Å². The molecule has 1 saturated carbocycles. The van der Waals surface area contributed by atoms with Gasteiger partial charge in [0, 0.05) is 6.61 Å². The van der Waals surface area contributed by atoms with E-state index in [1.165, 1.54) is 38.5 Å². The molecule has 0 amide bonds. The van der Waals surface area contributed by atoms with E-state index >= 15 is 0 Å². The summed E-state index contributed by atoms with van der Waals surface area (Å²) in [7, 11) is 0. The van der Waals surface area contributed by atoms with Crippen LogP contribution in [0.4, 0.5) is 0 Å². The third-order valence-corrected chi connectivity index (χ3v) is 2.73. The van der Waals surface area contributed by atoms with Gasteiger partial charge < -0.3 is 5.11 Å². The van der Waals surface area contributed by atoms with Gasteiger partial charge in [-0.15, -0.1) is 0 Å². The minimum Gasteiger partial charge on any atom is -0.396 e. The van der Waals surface area contributed by atoms with Gasteiger partial charge in [-0.3, -0.25) is 0 Å². The van der Waals surface area contributed by atoms with Crippen molar-refractivity contribution in [2.75, 3.05) is 6.61 Å². The van der Waals surface area contributed by atoms with Gasteiger partial charge in [-0.05, 0) is 24.7 Å². The Balaban J connectivity index is 0.000000424. The Kier molecular flexibility index (Phi) is 8.53. The van der Waals surface area contributed by atoms with Crippen molar-refractivity contribution in [2.45, 2.75) is 59.3 Å². The van der Waals surface area contributed by atoms with Gasteiger partial charge in [0.15, 0.2) is 0 Å². The highest BCUT2D eigenvalue weighted by Gasteiger charge is 2.19.